The number of carbonyl (C=O) groups excluding carboxylic acids is 3. The molecule has 0 aliphatic rings. The number of carbonyl (C=O) groups is 3. The number of amides is 1. The van der Waals surface area contributed by atoms with E-state index < -0.39 is 30.2 Å². The largest absolute Gasteiger partial charge is 0.546 e. The molecule has 0 aliphatic carbocycles. The zero-order chi connectivity index (χ0) is 19.6. The molecule has 0 bridgehead atoms. The number of nitrogens with one attached hydrogen (secondary N) is 1. The van der Waals surface area contributed by atoms with E-state index in [-0.39, 0.29) is 13.0 Å². The fraction of sp³-hybridized carbons (Fsp3) is 0.250. The second-order valence-electron chi connectivity index (χ2n) is 5.85. The van der Waals surface area contributed by atoms with Crippen molar-refractivity contribution in [1.29, 1.82) is 0 Å². The van der Waals surface area contributed by atoms with E-state index in [1.807, 2.05) is 24.3 Å². The second-order valence-corrected chi connectivity index (χ2v) is 5.85. The standard InChI is InChI=1S/C20H21NO6/c1-14(22)27-18(19(23)24)17(12-15-8-4-2-5-9-15)21-20(25)26-13-16-10-6-3-7-11-16/h2-11,17-18H,12-13H2,1H3,(H,21,25)(H,23,24)/p-1. The fourth-order valence-corrected chi connectivity index (χ4v) is 2.49. The molecule has 0 saturated carbocycles. The minimum absolute atomic E-state index is 0.0221. The molecule has 0 fully saturated rings. The molecule has 142 valence electrons. The Kier molecular flexibility index (Phi) is 7.37. The Morgan fingerprint density at radius 1 is 0.963 bits per heavy atom. The Morgan fingerprint density at radius 2 is 1.52 bits per heavy atom. The summed E-state index contributed by atoms with van der Waals surface area (Å²) in [6, 6.07) is 16.9. The van der Waals surface area contributed by atoms with Crippen LogP contribution in [0.15, 0.2) is 60.7 Å². The molecule has 2 atom stereocenters. The van der Waals surface area contributed by atoms with Crippen molar-refractivity contribution in [2.45, 2.75) is 32.1 Å². The summed E-state index contributed by atoms with van der Waals surface area (Å²) in [6.07, 6.45) is -2.35. The van der Waals surface area contributed by atoms with Crippen molar-refractivity contribution in [3.8, 4) is 0 Å². The van der Waals surface area contributed by atoms with Crippen LogP contribution in [0, 0.1) is 0 Å². The number of carboxylic acids is 1. The lowest BCUT2D eigenvalue weighted by atomic mass is 10.0. The number of benzene rings is 2. The van der Waals surface area contributed by atoms with E-state index in [4.69, 9.17) is 9.47 Å². The van der Waals surface area contributed by atoms with Crippen molar-refractivity contribution < 1.29 is 29.0 Å². The molecular formula is C20H20NO6-. The molecule has 27 heavy (non-hydrogen) atoms. The minimum atomic E-state index is -1.65. The average Bonchev–Trinajstić information content (AvgIpc) is 2.65. The van der Waals surface area contributed by atoms with Gasteiger partial charge in [0.15, 0.2) is 6.10 Å². The highest BCUT2D eigenvalue weighted by molar-refractivity contribution is 5.77. The molecule has 2 rings (SSSR count). The predicted molar refractivity (Wildman–Crippen MR) is 94.3 cm³/mol. The van der Waals surface area contributed by atoms with Crippen LogP contribution >= 0.6 is 0 Å². The van der Waals surface area contributed by atoms with Crippen LogP contribution in [0.25, 0.3) is 0 Å². The number of ether oxygens (including phenoxy) is 2. The summed E-state index contributed by atoms with van der Waals surface area (Å²) in [6.45, 7) is 1.11. The van der Waals surface area contributed by atoms with Gasteiger partial charge in [0.05, 0.1) is 12.0 Å². The van der Waals surface area contributed by atoms with Crippen molar-refractivity contribution >= 4 is 18.0 Å². The van der Waals surface area contributed by atoms with Gasteiger partial charge in [0.25, 0.3) is 0 Å². The Hall–Kier alpha value is -3.35. The van der Waals surface area contributed by atoms with E-state index in [2.05, 4.69) is 5.32 Å². The van der Waals surface area contributed by atoms with Crippen molar-refractivity contribution in [1.82, 2.24) is 5.32 Å². The van der Waals surface area contributed by atoms with E-state index in [1.165, 1.54) is 0 Å². The molecular weight excluding hydrogens is 350 g/mol. The fourth-order valence-electron chi connectivity index (χ4n) is 2.49. The third-order valence-corrected chi connectivity index (χ3v) is 3.71. The smallest absolute Gasteiger partial charge is 0.407 e. The lowest BCUT2D eigenvalue weighted by Crippen LogP contribution is -2.54. The molecule has 0 radical (unpaired) electrons. The normalized spacial score (nSPS) is 12.5. The van der Waals surface area contributed by atoms with E-state index in [0.29, 0.717) is 0 Å². The number of hydrogen-bond acceptors (Lipinski definition) is 6. The first-order valence-corrected chi connectivity index (χ1v) is 8.35. The number of hydrogen-bond donors (Lipinski definition) is 1. The first kappa shape index (κ1) is 20.0. The highest BCUT2D eigenvalue weighted by Crippen LogP contribution is 2.10. The zero-order valence-electron chi connectivity index (χ0n) is 14.8. The summed E-state index contributed by atoms with van der Waals surface area (Å²) in [5.41, 5.74) is 1.54. The minimum Gasteiger partial charge on any atom is -0.546 e. The van der Waals surface area contributed by atoms with Crippen LogP contribution in [0.5, 0.6) is 0 Å². The van der Waals surface area contributed by atoms with Crippen LogP contribution in [0.3, 0.4) is 0 Å². The van der Waals surface area contributed by atoms with Gasteiger partial charge in [-0.1, -0.05) is 60.7 Å². The van der Waals surface area contributed by atoms with Crippen LogP contribution in [-0.4, -0.2) is 30.2 Å². The van der Waals surface area contributed by atoms with Crippen LogP contribution in [-0.2, 0) is 32.1 Å². The number of aliphatic carboxylic acids is 1. The summed E-state index contributed by atoms with van der Waals surface area (Å²) < 4.78 is 9.97. The van der Waals surface area contributed by atoms with Crippen LogP contribution in [0.1, 0.15) is 18.1 Å². The molecule has 1 N–H and O–H groups in total. The van der Waals surface area contributed by atoms with Gasteiger partial charge >= 0.3 is 12.1 Å². The molecule has 0 aliphatic heterocycles. The molecule has 0 aromatic heterocycles. The van der Waals surface area contributed by atoms with Gasteiger partial charge in [-0.3, -0.25) is 4.79 Å². The monoisotopic (exact) mass is 370 g/mol. The molecule has 2 aromatic rings. The molecule has 1 amide bonds. The molecule has 7 heteroatoms. The average molecular weight is 370 g/mol. The summed E-state index contributed by atoms with van der Waals surface area (Å²) in [5.74, 6) is -2.39. The van der Waals surface area contributed by atoms with Gasteiger partial charge in [0, 0.05) is 6.92 Å². The van der Waals surface area contributed by atoms with Gasteiger partial charge in [0.2, 0.25) is 0 Å². The Bertz CT molecular complexity index is 763. The van der Waals surface area contributed by atoms with Crippen LogP contribution in [0.2, 0.25) is 0 Å². The SMILES string of the molecule is CC(=O)OC(C(=O)[O-])C(Cc1ccccc1)NC(=O)OCc1ccccc1. The number of rotatable bonds is 8. The second kappa shape index (κ2) is 9.96. The van der Waals surface area contributed by atoms with Crippen LogP contribution in [0.4, 0.5) is 4.79 Å². The number of carboxylic acid groups (broad SMARTS) is 1. The first-order chi connectivity index (χ1) is 13.0. The third-order valence-electron chi connectivity index (χ3n) is 3.71. The van der Waals surface area contributed by atoms with E-state index in [1.54, 1.807) is 36.4 Å². The maximum atomic E-state index is 12.1. The van der Waals surface area contributed by atoms with Crippen molar-refractivity contribution in [3.63, 3.8) is 0 Å². The summed E-state index contributed by atoms with van der Waals surface area (Å²) in [7, 11) is 0. The van der Waals surface area contributed by atoms with E-state index in [0.717, 1.165) is 18.1 Å². The van der Waals surface area contributed by atoms with Crippen LogP contribution < -0.4 is 10.4 Å². The maximum absolute atomic E-state index is 12.1. The lowest BCUT2D eigenvalue weighted by Gasteiger charge is -2.28. The summed E-state index contributed by atoms with van der Waals surface area (Å²) in [5, 5.41) is 13.9. The molecule has 0 spiro atoms. The molecule has 7 nitrogen and oxygen atoms in total. The van der Waals surface area contributed by atoms with Crippen molar-refractivity contribution in [2.75, 3.05) is 0 Å². The topological polar surface area (TPSA) is 105 Å². The molecule has 0 saturated heterocycles. The highest BCUT2D eigenvalue weighted by Gasteiger charge is 2.28. The van der Waals surface area contributed by atoms with Gasteiger partial charge in [-0.25, -0.2) is 4.79 Å². The number of alkyl carbamates (subject to hydrolysis) is 1. The van der Waals surface area contributed by atoms with Crippen molar-refractivity contribution in [2.24, 2.45) is 0 Å². The summed E-state index contributed by atoms with van der Waals surface area (Å²) >= 11 is 0. The predicted octanol–water partition coefficient (Wildman–Crippen LogP) is 1.21. The van der Waals surface area contributed by atoms with E-state index >= 15 is 0 Å². The first-order valence-electron chi connectivity index (χ1n) is 8.35. The highest BCUT2D eigenvalue weighted by atomic mass is 16.6. The van der Waals surface area contributed by atoms with Gasteiger partial charge in [0.1, 0.15) is 6.61 Å². The van der Waals surface area contributed by atoms with Gasteiger partial charge < -0.3 is 24.7 Å². The van der Waals surface area contributed by atoms with Gasteiger partial charge in [-0.2, -0.15) is 0 Å². The number of esters is 1. The Balaban J connectivity index is 2.08. The molecule has 0 heterocycles. The Morgan fingerprint density at radius 3 is 2.04 bits per heavy atom. The zero-order valence-corrected chi connectivity index (χ0v) is 14.8. The third kappa shape index (κ3) is 6.81. The quantitative estimate of drug-likeness (QED) is 0.700. The van der Waals surface area contributed by atoms with Gasteiger partial charge in [-0.15, -0.1) is 0 Å². The van der Waals surface area contributed by atoms with Crippen molar-refractivity contribution in [3.05, 3.63) is 71.8 Å². The maximum Gasteiger partial charge on any atom is 0.407 e. The lowest BCUT2D eigenvalue weighted by molar-refractivity contribution is -0.316. The Labute approximate surface area is 156 Å². The summed E-state index contributed by atoms with van der Waals surface area (Å²) in [4.78, 5) is 34.8. The van der Waals surface area contributed by atoms with E-state index in [9.17, 15) is 19.5 Å². The molecule has 2 unspecified atom stereocenters. The van der Waals surface area contributed by atoms with Gasteiger partial charge in [-0.05, 0) is 17.5 Å². The molecule has 2 aromatic carbocycles.